The van der Waals surface area contributed by atoms with Crippen LogP contribution in [0.1, 0.15) is 79.3 Å². The van der Waals surface area contributed by atoms with E-state index < -0.39 is 0 Å². The number of carbonyl (C=O) groups excluding carboxylic acids is 1. The lowest BCUT2D eigenvalue weighted by atomic mass is 9.92. The van der Waals surface area contributed by atoms with Gasteiger partial charge in [-0.2, -0.15) is 0 Å². The van der Waals surface area contributed by atoms with E-state index in [1.165, 1.54) is 68.9 Å². The second-order valence-electron chi connectivity index (χ2n) is 9.70. The molecular weight excluding hydrogens is 398 g/mol. The zero-order valence-corrected chi connectivity index (χ0v) is 19.3. The quantitative estimate of drug-likeness (QED) is 0.624. The molecule has 2 fully saturated rings. The van der Waals surface area contributed by atoms with E-state index >= 15 is 0 Å². The molecule has 0 atom stereocenters. The third-order valence-electron chi connectivity index (χ3n) is 7.59. The summed E-state index contributed by atoms with van der Waals surface area (Å²) >= 11 is 0. The van der Waals surface area contributed by atoms with Gasteiger partial charge in [0.1, 0.15) is 6.61 Å². The maximum absolute atomic E-state index is 13.7. The Bertz CT molecular complexity index is 948. The Hall–Kier alpha value is -2.56. The Morgan fingerprint density at radius 2 is 1.78 bits per heavy atom. The van der Waals surface area contributed by atoms with Crippen LogP contribution in [0.25, 0.3) is 0 Å². The normalized spacial score (nSPS) is 19.5. The molecule has 3 aliphatic rings. The average Bonchev–Trinajstić information content (AvgIpc) is 3.36. The highest BCUT2D eigenvalue weighted by molar-refractivity contribution is 5.95. The molecule has 32 heavy (non-hydrogen) atoms. The van der Waals surface area contributed by atoms with Gasteiger partial charge in [0.25, 0.3) is 5.91 Å². The molecule has 170 valence electrons. The summed E-state index contributed by atoms with van der Waals surface area (Å²) in [4.78, 5) is 22.6. The Kier molecular flexibility index (Phi) is 6.33. The second kappa shape index (κ2) is 9.51. The fourth-order valence-corrected chi connectivity index (χ4v) is 5.83. The van der Waals surface area contributed by atoms with Gasteiger partial charge in [-0.3, -0.25) is 9.78 Å². The number of ether oxygens (including phenoxy) is 1. The van der Waals surface area contributed by atoms with Crippen LogP contribution >= 0.6 is 0 Å². The largest absolute Gasteiger partial charge is 0.488 e. The van der Waals surface area contributed by atoms with Crippen LogP contribution in [-0.2, 0) is 6.54 Å². The SMILES string of the molecule is Cc1cc(C(=O)N(C2CCCCC2)C2CCCC2)ccc1CN1CCOc2cnccc21. The van der Waals surface area contributed by atoms with E-state index in [1.807, 2.05) is 12.3 Å². The first-order valence-electron chi connectivity index (χ1n) is 12.4. The highest BCUT2D eigenvalue weighted by Gasteiger charge is 2.34. The number of anilines is 1. The molecule has 5 nitrogen and oxygen atoms in total. The van der Waals surface area contributed by atoms with Crippen LogP contribution in [0.5, 0.6) is 5.75 Å². The van der Waals surface area contributed by atoms with Crippen LogP contribution in [0.3, 0.4) is 0 Å². The van der Waals surface area contributed by atoms with Gasteiger partial charge in [0.2, 0.25) is 0 Å². The molecule has 0 bridgehead atoms. The van der Waals surface area contributed by atoms with Crippen molar-refractivity contribution in [2.45, 2.75) is 83.3 Å². The summed E-state index contributed by atoms with van der Waals surface area (Å²) in [7, 11) is 0. The Balaban J connectivity index is 1.35. The molecule has 0 saturated heterocycles. The van der Waals surface area contributed by atoms with E-state index in [0.29, 0.717) is 18.7 Å². The number of amides is 1. The highest BCUT2D eigenvalue weighted by Crippen LogP contribution is 2.34. The first-order valence-corrected chi connectivity index (χ1v) is 12.4. The molecule has 5 rings (SSSR count). The van der Waals surface area contributed by atoms with Gasteiger partial charge in [-0.15, -0.1) is 0 Å². The molecule has 1 aliphatic heterocycles. The lowest BCUT2D eigenvalue weighted by Gasteiger charge is -2.39. The molecule has 0 radical (unpaired) electrons. The van der Waals surface area contributed by atoms with Gasteiger partial charge in [0, 0.05) is 30.4 Å². The van der Waals surface area contributed by atoms with Crippen molar-refractivity contribution in [3.8, 4) is 5.75 Å². The van der Waals surface area contributed by atoms with Crippen molar-refractivity contribution in [2.75, 3.05) is 18.1 Å². The zero-order valence-electron chi connectivity index (χ0n) is 19.3. The van der Waals surface area contributed by atoms with Gasteiger partial charge in [-0.25, -0.2) is 0 Å². The van der Waals surface area contributed by atoms with Crippen molar-refractivity contribution in [1.82, 2.24) is 9.88 Å². The van der Waals surface area contributed by atoms with E-state index in [4.69, 9.17) is 4.74 Å². The molecule has 2 aromatic rings. The minimum atomic E-state index is 0.251. The summed E-state index contributed by atoms with van der Waals surface area (Å²) in [5.74, 6) is 1.10. The molecule has 0 N–H and O–H groups in total. The third kappa shape index (κ3) is 4.35. The first kappa shape index (κ1) is 21.3. The van der Waals surface area contributed by atoms with Crippen LogP contribution in [0.15, 0.2) is 36.7 Å². The van der Waals surface area contributed by atoms with Crippen molar-refractivity contribution in [2.24, 2.45) is 0 Å². The molecule has 0 unspecified atom stereocenters. The maximum atomic E-state index is 13.7. The van der Waals surface area contributed by atoms with Crippen molar-refractivity contribution in [3.63, 3.8) is 0 Å². The zero-order chi connectivity index (χ0) is 21.9. The van der Waals surface area contributed by atoms with E-state index in [9.17, 15) is 4.79 Å². The van der Waals surface area contributed by atoms with Crippen molar-refractivity contribution >= 4 is 11.6 Å². The van der Waals surface area contributed by atoms with Gasteiger partial charge in [-0.05, 0) is 61.9 Å². The van der Waals surface area contributed by atoms with Crippen molar-refractivity contribution in [3.05, 3.63) is 53.3 Å². The molecular formula is C27H35N3O2. The third-order valence-corrected chi connectivity index (χ3v) is 7.59. The van der Waals surface area contributed by atoms with Crippen molar-refractivity contribution in [1.29, 1.82) is 0 Å². The van der Waals surface area contributed by atoms with Gasteiger partial charge in [0.05, 0.1) is 18.4 Å². The predicted octanol–water partition coefficient (Wildman–Crippen LogP) is 5.51. The average molecular weight is 434 g/mol. The van der Waals surface area contributed by atoms with Crippen LogP contribution in [0.2, 0.25) is 0 Å². The number of aryl methyl sites for hydroxylation is 1. The van der Waals surface area contributed by atoms with Gasteiger partial charge in [-0.1, -0.05) is 38.2 Å². The summed E-state index contributed by atoms with van der Waals surface area (Å²) in [5, 5.41) is 0. The molecule has 2 aliphatic carbocycles. The maximum Gasteiger partial charge on any atom is 0.254 e. The van der Waals surface area contributed by atoms with E-state index in [2.05, 4.69) is 39.9 Å². The van der Waals surface area contributed by atoms with E-state index in [0.717, 1.165) is 30.1 Å². The Labute approximate surface area is 191 Å². The lowest BCUT2D eigenvalue weighted by molar-refractivity contribution is 0.0518. The molecule has 1 amide bonds. The minimum absolute atomic E-state index is 0.251. The van der Waals surface area contributed by atoms with Crippen LogP contribution in [0.4, 0.5) is 5.69 Å². The van der Waals surface area contributed by atoms with Crippen LogP contribution < -0.4 is 9.64 Å². The highest BCUT2D eigenvalue weighted by atomic mass is 16.5. The number of nitrogens with zero attached hydrogens (tertiary/aromatic N) is 3. The molecule has 2 saturated carbocycles. The van der Waals surface area contributed by atoms with Crippen LogP contribution in [0, 0.1) is 6.92 Å². The van der Waals surface area contributed by atoms with E-state index in [1.54, 1.807) is 6.20 Å². The van der Waals surface area contributed by atoms with Gasteiger partial charge >= 0.3 is 0 Å². The molecule has 1 aromatic heterocycles. The summed E-state index contributed by atoms with van der Waals surface area (Å²) in [6.07, 6.45) is 14.6. The van der Waals surface area contributed by atoms with Gasteiger partial charge < -0.3 is 14.5 Å². The number of carbonyl (C=O) groups is 1. The van der Waals surface area contributed by atoms with Crippen molar-refractivity contribution < 1.29 is 9.53 Å². The van der Waals surface area contributed by atoms with Crippen LogP contribution in [-0.4, -0.2) is 41.0 Å². The summed E-state index contributed by atoms with van der Waals surface area (Å²) in [6.45, 7) is 4.48. The number of pyridine rings is 1. The number of rotatable bonds is 5. The fourth-order valence-electron chi connectivity index (χ4n) is 5.83. The number of aromatic nitrogens is 1. The standard InChI is InChI=1S/C27H35N3O2/c1-20-17-21(27(31)30(24-9-5-6-10-24)23-7-3-2-4-8-23)11-12-22(20)19-29-15-16-32-26-18-28-14-13-25(26)29/h11-14,17-18,23-24H,2-10,15-16,19H2,1H3. The van der Waals surface area contributed by atoms with Gasteiger partial charge in [0.15, 0.2) is 5.75 Å². The Morgan fingerprint density at radius 3 is 2.50 bits per heavy atom. The molecule has 0 spiro atoms. The monoisotopic (exact) mass is 433 g/mol. The number of hydrogen-bond acceptors (Lipinski definition) is 4. The number of fused-ring (bicyclic) bond motifs is 1. The topological polar surface area (TPSA) is 45.7 Å². The molecule has 1 aromatic carbocycles. The second-order valence-corrected chi connectivity index (χ2v) is 9.70. The summed E-state index contributed by atoms with van der Waals surface area (Å²) < 4.78 is 5.75. The smallest absolute Gasteiger partial charge is 0.254 e. The molecule has 5 heteroatoms. The summed E-state index contributed by atoms with van der Waals surface area (Å²) in [6, 6.07) is 9.22. The predicted molar refractivity (Wildman–Crippen MR) is 127 cm³/mol. The Morgan fingerprint density at radius 1 is 1.06 bits per heavy atom. The molecule has 2 heterocycles. The lowest BCUT2D eigenvalue weighted by Crippen LogP contribution is -2.47. The number of hydrogen-bond donors (Lipinski definition) is 0. The van der Waals surface area contributed by atoms with E-state index in [-0.39, 0.29) is 5.91 Å². The minimum Gasteiger partial charge on any atom is -0.488 e. The summed E-state index contributed by atoms with van der Waals surface area (Å²) in [5.41, 5.74) is 4.40. The number of benzene rings is 1. The first-order chi connectivity index (χ1) is 15.7. The fraction of sp³-hybridized carbons (Fsp3) is 0.556.